The van der Waals surface area contributed by atoms with Gasteiger partial charge in [0.15, 0.2) is 0 Å². The average molecular weight is 204 g/mol. The second-order valence-corrected chi connectivity index (χ2v) is 6.20. The summed E-state index contributed by atoms with van der Waals surface area (Å²) in [7, 11) is 0.0563. The van der Waals surface area contributed by atoms with Crippen molar-refractivity contribution < 1.29 is 8.42 Å². The van der Waals surface area contributed by atoms with Crippen LogP contribution in [0.1, 0.15) is 19.3 Å². The zero-order valence-corrected chi connectivity index (χ0v) is 8.92. The molecule has 1 saturated heterocycles. The van der Waals surface area contributed by atoms with Gasteiger partial charge in [-0.15, -0.1) is 0 Å². The van der Waals surface area contributed by atoms with Crippen molar-refractivity contribution in [3.63, 3.8) is 0 Å². The molecule has 0 spiro atoms. The molecule has 0 amide bonds. The van der Waals surface area contributed by atoms with Gasteiger partial charge in [-0.05, 0) is 25.2 Å². The minimum Gasteiger partial charge on any atom is -0.195 e. The summed E-state index contributed by atoms with van der Waals surface area (Å²) in [6.07, 6.45) is 3.31. The van der Waals surface area contributed by atoms with Crippen LogP contribution in [0.4, 0.5) is 0 Å². The SMILES string of the molecule is CN(C)S(=O)(=O)N1CCCC2CC21. The van der Waals surface area contributed by atoms with Crippen LogP contribution in [0.2, 0.25) is 0 Å². The highest BCUT2D eigenvalue weighted by Gasteiger charge is 2.49. The molecule has 2 atom stereocenters. The van der Waals surface area contributed by atoms with E-state index in [0.29, 0.717) is 18.5 Å². The molecule has 0 radical (unpaired) electrons. The number of hydrogen-bond acceptors (Lipinski definition) is 2. The highest BCUT2D eigenvalue weighted by atomic mass is 32.2. The predicted octanol–water partition coefficient (Wildman–Crippen LogP) is 0.277. The molecule has 0 bridgehead atoms. The van der Waals surface area contributed by atoms with Crippen molar-refractivity contribution in [1.82, 2.24) is 8.61 Å². The molecule has 1 heterocycles. The summed E-state index contributed by atoms with van der Waals surface area (Å²) >= 11 is 0. The van der Waals surface area contributed by atoms with Crippen LogP contribution in [0.3, 0.4) is 0 Å². The number of hydrogen-bond donors (Lipinski definition) is 0. The normalized spacial score (nSPS) is 34.7. The first kappa shape index (κ1) is 9.43. The molecule has 1 aliphatic heterocycles. The molecule has 2 fully saturated rings. The van der Waals surface area contributed by atoms with E-state index in [4.69, 9.17) is 0 Å². The Morgan fingerprint density at radius 1 is 1.38 bits per heavy atom. The molecule has 1 saturated carbocycles. The third-order valence-corrected chi connectivity index (χ3v) is 4.94. The van der Waals surface area contributed by atoms with Crippen molar-refractivity contribution in [1.29, 1.82) is 0 Å². The summed E-state index contributed by atoms with van der Waals surface area (Å²) in [5.74, 6) is 0.656. The lowest BCUT2D eigenvalue weighted by Gasteiger charge is -2.28. The maximum absolute atomic E-state index is 11.8. The van der Waals surface area contributed by atoms with E-state index in [-0.39, 0.29) is 0 Å². The topological polar surface area (TPSA) is 40.6 Å². The van der Waals surface area contributed by atoms with Gasteiger partial charge < -0.3 is 0 Å². The number of nitrogens with zero attached hydrogens (tertiary/aromatic N) is 2. The van der Waals surface area contributed by atoms with Crippen molar-refractivity contribution in [3.05, 3.63) is 0 Å². The van der Waals surface area contributed by atoms with Gasteiger partial charge in [-0.1, -0.05) is 0 Å². The molecular weight excluding hydrogens is 188 g/mol. The van der Waals surface area contributed by atoms with Crippen molar-refractivity contribution in [2.24, 2.45) is 5.92 Å². The summed E-state index contributed by atoms with van der Waals surface area (Å²) in [5, 5.41) is 0. The highest BCUT2D eigenvalue weighted by Crippen LogP contribution is 2.44. The van der Waals surface area contributed by atoms with Crippen molar-refractivity contribution in [2.45, 2.75) is 25.3 Å². The molecule has 0 aromatic rings. The van der Waals surface area contributed by atoms with Crippen LogP contribution < -0.4 is 0 Å². The van der Waals surface area contributed by atoms with Gasteiger partial charge in [0.1, 0.15) is 0 Å². The van der Waals surface area contributed by atoms with Gasteiger partial charge in [-0.3, -0.25) is 0 Å². The lowest BCUT2D eigenvalue weighted by molar-refractivity contribution is 0.313. The third-order valence-electron chi connectivity index (χ3n) is 2.97. The Labute approximate surface area is 79.7 Å². The first-order chi connectivity index (χ1) is 6.03. The van der Waals surface area contributed by atoms with Crippen LogP contribution in [0.15, 0.2) is 0 Å². The van der Waals surface area contributed by atoms with Crippen LogP contribution in [-0.4, -0.2) is 43.7 Å². The minimum atomic E-state index is -3.14. The summed E-state index contributed by atoms with van der Waals surface area (Å²) in [4.78, 5) is 0. The molecule has 76 valence electrons. The van der Waals surface area contributed by atoms with Crippen molar-refractivity contribution in [2.75, 3.05) is 20.6 Å². The van der Waals surface area contributed by atoms with Gasteiger partial charge in [-0.25, -0.2) is 0 Å². The zero-order valence-electron chi connectivity index (χ0n) is 8.10. The van der Waals surface area contributed by atoms with Crippen LogP contribution in [-0.2, 0) is 10.2 Å². The van der Waals surface area contributed by atoms with E-state index < -0.39 is 10.2 Å². The molecule has 13 heavy (non-hydrogen) atoms. The number of rotatable bonds is 2. The molecule has 0 aromatic heterocycles. The zero-order chi connectivity index (χ0) is 9.64. The summed E-state index contributed by atoms with van der Waals surface area (Å²) < 4.78 is 26.5. The van der Waals surface area contributed by atoms with Crippen LogP contribution in [0, 0.1) is 5.92 Å². The van der Waals surface area contributed by atoms with Crippen LogP contribution >= 0.6 is 0 Å². The third kappa shape index (κ3) is 1.49. The number of fused-ring (bicyclic) bond motifs is 1. The molecule has 1 aliphatic carbocycles. The van der Waals surface area contributed by atoms with E-state index in [1.54, 1.807) is 18.4 Å². The summed E-state index contributed by atoms with van der Waals surface area (Å²) in [5.41, 5.74) is 0. The molecule has 0 N–H and O–H groups in total. The fourth-order valence-electron chi connectivity index (χ4n) is 2.07. The first-order valence-electron chi connectivity index (χ1n) is 4.73. The Morgan fingerprint density at radius 2 is 2.08 bits per heavy atom. The van der Waals surface area contributed by atoms with E-state index in [9.17, 15) is 8.42 Å². The van der Waals surface area contributed by atoms with Crippen LogP contribution in [0.25, 0.3) is 0 Å². The van der Waals surface area contributed by atoms with E-state index in [2.05, 4.69) is 0 Å². The Bertz CT molecular complexity index is 299. The molecule has 2 rings (SSSR count). The monoisotopic (exact) mass is 204 g/mol. The lowest BCUT2D eigenvalue weighted by atomic mass is 10.2. The predicted molar refractivity (Wildman–Crippen MR) is 50.4 cm³/mol. The Kier molecular flexibility index (Phi) is 2.13. The molecular formula is C8H16N2O2S. The highest BCUT2D eigenvalue weighted by molar-refractivity contribution is 7.86. The standard InChI is InChI=1S/C8H16N2O2S/c1-9(2)13(11,12)10-5-3-4-7-6-8(7)10/h7-8H,3-6H2,1-2H3. The summed E-state index contributed by atoms with van der Waals surface area (Å²) in [6.45, 7) is 0.710. The fraction of sp³-hybridized carbons (Fsp3) is 1.00. The van der Waals surface area contributed by atoms with Gasteiger partial charge >= 0.3 is 0 Å². The average Bonchev–Trinajstić information content (AvgIpc) is 2.80. The smallest absolute Gasteiger partial charge is 0.195 e. The first-order valence-corrected chi connectivity index (χ1v) is 6.12. The molecule has 2 unspecified atom stereocenters. The molecule has 4 nitrogen and oxygen atoms in total. The van der Waals surface area contributed by atoms with E-state index in [1.165, 1.54) is 10.7 Å². The minimum absolute atomic E-state index is 0.321. The fourth-order valence-corrected chi connectivity index (χ4v) is 3.45. The maximum atomic E-state index is 11.8. The molecule has 5 heteroatoms. The Morgan fingerprint density at radius 3 is 2.69 bits per heavy atom. The van der Waals surface area contributed by atoms with Gasteiger partial charge in [0, 0.05) is 26.7 Å². The van der Waals surface area contributed by atoms with Gasteiger partial charge in [0.05, 0.1) is 0 Å². The second-order valence-electron chi connectivity index (χ2n) is 4.11. The quantitative estimate of drug-likeness (QED) is 0.648. The van der Waals surface area contributed by atoms with Gasteiger partial charge in [-0.2, -0.15) is 17.0 Å². The van der Waals surface area contributed by atoms with E-state index in [0.717, 1.165) is 12.8 Å². The van der Waals surface area contributed by atoms with Gasteiger partial charge in [0.25, 0.3) is 10.2 Å². The van der Waals surface area contributed by atoms with Crippen molar-refractivity contribution in [3.8, 4) is 0 Å². The Balaban J connectivity index is 2.16. The lowest BCUT2D eigenvalue weighted by Crippen LogP contribution is -2.44. The maximum Gasteiger partial charge on any atom is 0.281 e. The van der Waals surface area contributed by atoms with E-state index in [1.807, 2.05) is 0 Å². The van der Waals surface area contributed by atoms with Crippen molar-refractivity contribution >= 4 is 10.2 Å². The number of piperidine rings is 1. The van der Waals surface area contributed by atoms with Crippen LogP contribution in [0.5, 0.6) is 0 Å². The van der Waals surface area contributed by atoms with Gasteiger partial charge in [0.2, 0.25) is 0 Å². The molecule has 2 aliphatic rings. The van der Waals surface area contributed by atoms with E-state index >= 15 is 0 Å². The Hall–Kier alpha value is -0.130. The molecule has 0 aromatic carbocycles. The summed E-state index contributed by atoms with van der Waals surface area (Å²) in [6, 6.07) is 0.321. The largest absolute Gasteiger partial charge is 0.281 e. The second kappa shape index (κ2) is 2.93.